The molecule has 0 aromatic rings. The summed E-state index contributed by atoms with van der Waals surface area (Å²) in [6, 6.07) is -0.468. The van der Waals surface area contributed by atoms with E-state index in [9.17, 15) is 4.79 Å². The Morgan fingerprint density at radius 3 is 1.83 bits per heavy atom. The molecular formula is C14H30N2O2. The van der Waals surface area contributed by atoms with Crippen molar-refractivity contribution in [1.29, 1.82) is 0 Å². The van der Waals surface area contributed by atoms with Crippen LogP contribution < -0.4 is 5.32 Å². The molecule has 0 amide bonds. The zero-order chi connectivity index (χ0) is 14.1. The van der Waals surface area contributed by atoms with Gasteiger partial charge in [0.05, 0.1) is 0 Å². The Bertz CT molecular complexity index is 218. The van der Waals surface area contributed by atoms with Crippen LogP contribution in [0.15, 0.2) is 0 Å². The lowest BCUT2D eigenvalue weighted by molar-refractivity contribution is -0.139. The second-order valence-corrected chi connectivity index (χ2v) is 5.85. The minimum absolute atomic E-state index is 0.468. The van der Waals surface area contributed by atoms with Crippen molar-refractivity contribution >= 4 is 5.97 Å². The van der Waals surface area contributed by atoms with E-state index in [0.29, 0.717) is 18.4 Å². The topological polar surface area (TPSA) is 52.6 Å². The third-order valence-electron chi connectivity index (χ3n) is 3.13. The van der Waals surface area contributed by atoms with Crippen molar-refractivity contribution in [3.63, 3.8) is 0 Å². The van der Waals surface area contributed by atoms with Crippen LogP contribution in [0.4, 0.5) is 0 Å². The number of nitrogens with zero attached hydrogens (tertiary/aromatic N) is 1. The number of carboxylic acid groups (broad SMARTS) is 1. The fourth-order valence-corrected chi connectivity index (χ4v) is 1.73. The van der Waals surface area contributed by atoms with Gasteiger partial charge in [0, 0.05) is 6.54 Å². The van der Waals surface area contributed by atoms with E-state index in [2.05, 4.69) is 37.9 Å². The molecule has 0 aromatic carbocycles. The first-order valence-corrected chi connectivity index (χ1v) is 6.99. The van der Waals surface area contributed by atoms with Gasteiger partial charge in [-0.3, -0.25) is 4.79 Å². The lowest BCUT2D eigenvalue weighted by Gasteiger charge is -2.26. The summed E-state index contributed by atoms with van der Waals surface area (Å²) < 4.78 is 0. The molecule has 0 saturated carbocycles. The van der Waals surface area contributed by atoms with Crippen molar-refractivity contribution in [2.24, 2.45) is 11.8 Å². The van der Waals surface area contributed by atoms with E-state index in [4.69, 9.17) is 5.11 Å². The van der Waals surface area contributed by atoms with Gasteiger partial charge in [0.25, 0.3) is 0 Å². The summed E-state index contributed by atoms with van der Waals surface area (Å²) >= 11 is 0. The average Bonchev–Trinajstić information content (AvgIpc) is 2.27. The zero-order valence-electron chi connectivity index (χ0n) is 12.6. The van der Waals surface area contributed by atoms with Crippen LogP contribution in [0.2, 0.25) is 0 Å². The smallest absolute Gasteiger partial charge is 0.322 e. The largest absolute Gasteiger partial charge is 0.480 e. The van der Waals surface area contributed by atoms with Crippen molar-refractivity contribution in [2.45, 2.75) is 46.6 Å². The number of nitrogens with one attached hydrogen (secondary N) is 1. The summed E-state index contributed by atoms with van der Waals surface area (Å²) in [6.45, 7) is 11.4. The van der Waals surface area contributed by atoms with Crippen LogP contribution in [0.25, 0.3) is 0 Å². The predicted molar refractivity (Wildman–Crippen MR) is 75.8 cm³/mol. The molecule has 2 N–H and O–H groups in total. The van der Waals surface area contributed by atoms with Crippen LogP contribution in [0, 0.1) is 11.8 Å². The van der Waals surface area contributed by atoms with E-state index in [-0.39, 0.29) is 0 Å². The standard InChI is InChI=1S/C14H30N2O2/c1-11(2)6-8-16(9-7-12(3)4)10-13(15-5)14(17)18/h11-13,15H,6-10H2,1-5H3,(H,17,18). The van der Waals surface area contributed by atoms with E-state index in [1.807, 2.05) is 0 Å². The van der Waals surface area contributed by atoms with Gasteiger partial charge >= 0.3 is 5.97 Å². The van der Waals surface area contributed by atoms with Crippen molar-refractivity contribution in [2.75, 3.05) is 26.7 Å². The lowest BCUT2D eigenvalue weighted by atomic mass is 10.1. The van der Waals surface area contributed by atoms with E-state index < -0.39 is 12.0 Å². The van der Waals surface area contributed by atoms with Gasteiger partial charge in [0.2, 0.25) is 0 Å². The molecule has 0 fully saturated rings. The maximum absolute atomic E-state index is 11.1. The highest BCUT2D eigenvalue weighted by Gasteiger charge is 2.19. The summed E-state index contributed by atoms with van der Waals surface area (Å²) in [5.74, 6) is 0.547. The molecule has 0 radical (unpaired) electrons. The minimum Gasteiger partial charge on any atom is -0.480 e. The quantitative estimate of drug-likeness (QED) is 0.630. The van der Waals surface area contributed by atoms with Crippen LogP contribution in [0.5, 0.6) is 0 Å². The Balaban J connectivity index is 4.29. The highest BCUT2D eigenvalue weighted by Crippen LogP contribution is 2.07. The van der Waals surface area contributed by atoms with E-state index in [1.165, 1.54) is 0 Å². The lowest BCUT2D eigenvalue weighted by Crippen LogP contribution is -2.45. The molecule has 0 heterocycles. The monoisotopic (exact) mass is 258 g/mol. The first-order valence-electron chi connectivity index (χ1n) is 6.99. The van der Waals surface area contributed by atoms with Gasteiger partial charge in [0.1, 0.15) is 6.04 Å². The molecule has 4 nitrogen and oxygen atoms in total. The minimum atomic E-state index is -0.767. The molecule has 0 aliphatic rings. The number of carbonyl (C=O) groups is 1. The molecule has 18 heavy (non-hydrogen) atoms. The molecule has 0 aromatic heterocycles. The second kappa shape index (κ2) is 9.34. The molecule has 0 aliphatic carbocycles. The number of aliphatic carboxylic acids is 1. The fraction of sp³-hybridized carbons (Fsp3) is 0.929. The van der Waals surface area contributed by atoms with Gasteiger partial charge in [-0.25, -0.2) is 0 Å². The van der Waals surface area contributed by atoms with E-state index in [0.717, 1.165) is 25.9 Å². The van der Waals surface area contributed by atoms with Crippen LogP contribution >= 0.6 is 0 Å². The number of carboxylic acids is 1. The summed E-state index contributed by atoms with van der Waals surface area (Å²) in [5.41, 5.74) is 0. The first kappa shape index (κ1) is 17.4. The highest BCUT2D eigenvalue weighted by atomic mass is 16.4. The number of likely N-dealkylation sites (N-methyl/N-ethyl adjacent to an activating group) is 1. The first-order chi connectivity index (χ1) is 8.36. The molecule has 1 unspecified atom stereocenters. The zero-order valence-corrected chi connectivity index (χ0v) is 12.6. The van der Waals surface area contributed by atoms with Crippen LogP contribution in [-0.4, -0.2) is 48.7 Å². The molecule has 0 aliphatic heterocycles. The maximum Gasteiger partial charge on any atom is 0.322 e. The van der Waals surface area contributed by atoms with E-state index in [1.54, 1.807) is 7.05 Å². The number of hydrogen-bond donors (Lipinski definition) is 2. The number of rotatable bonds is 10. The van der Waals surface area contributed by atoms with Crippen LogP contribution in [0.3, 0.4) is 0 Å². The fourth-order valence-electron chi connectivity index (χ4n) is 1.73. The molecule has 0 spiro atoms. The van der Waals surface area contributed by atoms with Gasteiger partial charge < -0.3 is 15.3 Å². The SMILES string of the molecule is CNC(CN(CCC(C)C)CCC(C)C)C(=O)O. The molecule has 4 heteroatoms. The Morgan fingerprint density at radius 1 is 1.11 bits per heavy atom. The molecule has 0 saturated heterocycles. The molecular weight excluding hydrogens is 228 g/mol. The van der Waals surface area contributed by atoms with Crippen molar-refractivity contribution in [3.8, 4) is 0 Å². The third-order valence-corrected chi connectivity index (χ3v) is 3.13. The summed E-state index contributed by atoms with van der Waals surface area (Å²) in [5, 5.41) is 12.0. The van der Waals surface area contributed by atoms with Crippen LogP contribution in [-0.2, 0) is 4.79 Å². The Labute approximate surface area is 112 Å². The van der Waals surface area contributed by atoms with Crippen molar-refractivity contribution < 1.29 is 9.90 Å². The van der Waals surface area contributed by atoms with Gasteiger partial charge in [0.15, 0.2) is 0 Å². The number of hydrogen-bond acceptors (Lipinski definition) is 3. The van der Waals surface area contributed by atoms with E-state index >= 15 is 0 Å². The normalized spacial score (nSPS) is 13.6. The molecule has 0 rings (SSSR count). The Kier molecular flexibility index (Phi) is 9.02. The van der Waals surface area contributed by atoms with Crippen LogP contribution in [0.1, 0.15) is 40.5 Å². The third kappa shape index (κ3) is 8.48. The molecule has 108 valence electrons. The van der Waals surface area contributed by atoms with Gasteiger partial charge in [-0.1, -0.05) is 27.7 Å². The van der Waals surface area contributed by atoms with Crippen molar-refractivity contribution in [3.05, 3.63) is 0 Å². The summed E-state index contributed by atoms with van der Waals surface area (Å²) in [6.07, 6.45) is 2.24. The molecule has 0 bridgehead atoms. The summed E-state index contributed by atoms with van der Waals surface area (Å²) in [7, 11) is 1.71. The Morgan fingerprint density at radius 2 is 1.56 bits per heavy atom. The van der Waals surface area contributed by atoms with Gasteiger partial charge in [-0.15, -0.1) is 0 Å². The van der Waals surface area contributed by atoms with Crippen molar-refractivity contribution in [1.82, 2.24) is 10.2 Å². The molecule has 1 atom stereocenters. The van der Waals surface area contributed by atoms with Gasteiger partial charge in [-0.2, -0.15) is 0 Å². The second-order valence-electron chi connectivity index (χ2n) is 5.85. The predicted octanol–water partition coefficient (Wildman–Crippen LogP) is 2.05. The summed E-state index contributed by atoms with van der Waals surface area (Å²) in [4.78, 5) is 13.3. The van der Waals surface area contributed by atoms with Gasteiger partial charge in [-0.05, 0) is 44.8 Å². The highest BCUT2D eigenvalue weighted by molar-refractivity contribution is 5.73. The Hall–Kier alpha value is -0.610. The average molecular weight is 258 g/mol. The maximum atomic E-state index is 11.1.